The van der Waals surface area contributed by atoms with Crippen LogP contribution in [0, 0.1) is 0 Å². The highest BCUT2D eigenvalue weighted by atomic mass is 35.5. The minimum absolute atomic E-state index is 0.0782. The van der Waals surface area contributed by atoms with Crippen LogP contribution in [0.3, 0.4) is 0 Å². The predicted octanol–water partition coefficient (Wildman–Crippen LogP) is 2.78. The molecule has 0 amide bonds. The van der Waals surface area contributed by atoms with Gasteiger partial charge in [0.2, 0.25) is 0 Å². The van der Waals surface area contributed by atoms with Crippen LogP contribution in [0.5, 0.6) is 0 Å². The number of ether oxygens (including phenoxy) is 1. The molecular weight excluding hydrogens is 298 g/mol. The lowest BCUT2D eigenvalue weighted by molar-refractivity contribution is 0.0384. The Morgan fingerprint density at radius 1 is 1.36 bits per heavy atom. The van der Waals surface area contributed by atoms with Gasteiger partial charge in [-0.15, -0.1) is 0 Å². The quantitative estimate of drug-likeness (QED) is 0.941. The minimum Gasteiger partial charge on any atom is -0.379 e. The second-order valence-electron chi connectivity index (χ2n) is 5.82. The minimum atomic E-state index is -0.0782. The fourth-order valence-corrected chi connectivity index (χ4v) is 3.16. The largest absolute Gasteiger partial charge is 0.379 e. The summed E-state index contributed by atoms with van der Waals surface area (Å²) in [5, 5.41) is 2.94. The maximum Gasteiger partial charge on any atom is 0.0594 e. The first-order valence-electron chi connectivity index (χ1n) is 7.79. The highest BCUT2D eigenvalue weighted by molar-refractivity contribution is 6.35. The van der Waals surface area contributed by atoms with E-state index in [2.05, 4.69) is 11.0 Å². The number of pyridine rings is 1. The van der Waals surface area contributed by atoms with Crippen molar-refractivity contribution in [3.05, 3.63) is 40.7 Å². The lowest BCUT2D eigenvalue weighted by atomic mass is 10.0. The number of aromatic nitrogens is 1. The van der Waals surface area contributed by atoms with Crippen molar-refractivity contribution in [3.63, 3.8) is 0 Å². The second-order valence-corrected chi connectivity index (χ2v) is 6.23. The van der Waals surface area contributed by atoms with E-state index < -0.39 is 0 Å². The smallest absolute Gasteiger partial charge is 0.0594 e. The van der Waals surface area contributed by atoms with Gasteiger partial charge in [-0.25, -0.2) is 0 Å². The normalized spacial score (nSPS) is 17.8. The highest BCUT2D eigenvalue weighted by Gasteiger charge is 2.14. The summed E-state index contributed by atoms with van der Waals surface area (Å²) in [4.78, 5) is 7.19. The van der Waals surface area contributed by atoms with Gasteiger partial charge in [-0.3, -0.25) is 9.88 Å². The summed E-state index contributed by atoms with van der Waals surface area (Å²) in [6, 6.07) is 7.94. The number of hydrogen-bond acceptors (Lipinski definition) is 4. The molecule has 2 N–H and O–H groups in total. The van der Waals surface area contributed by atoms with Gasteiger partial charge in [-0.2, -0.15) is 0 Å². The Kier molecular flexibility index (Phi) is 4.93. The van der Waals surface area contributed by atoms with Crippen molar-refractivity contribution in [1.29, 1.82) is 0 Å². The van der Waals surface area contributed by atoms with Crippen LogP contribution in [-0.4, -0.2) is 42.7 Å². The molecule has 1 fully saturated rings. The lowest BCUT2D eigenvalue weighted by Crippen LogP contribution is -2.37. The van der Waals surface area contributed by atoms with Crippen molar-refractivity contribution < 1.29 is 4.74 Å². The Morgan fingerprint density at radius 2 is 2.14 bits per heavy atom. The number of hydrogen-bond donors (Lipinski definition) is 1. The molecule has 0 radical (unpaired) electrons. The van der Waals surface area contributed by atoms with Gasteiger partial charge in [0.05, 0.1) is 29.6 Å². The first-order chi connectivity index (χ1) is 10.6. The van der Waals surface area contributed by atoms with Crippen molar-refractivity contribution in [2.24, 2.45) is 5.73 Å². The zero-order valence-corrected chi connectivity index (χ0v) is 13.6. The van der Waals surface area contributed by atoms with E-state index in [-0.39, 0.29) is 6.04 Å². The molecule has 1 aliphatic rings. The first-order valence-corrected chi connectivity index (χ1v) is 8.16. The molecule has 1 aromatic heterocycles. The van der Waals surface area contributed by atoms with Crippen LogP contribution in [0.15, 0.2) is 24.3 Å². The summed E-state index contributed by atoms with van der Waals surface area (Å²) < 4.78 is 5.40. The molecule has 3 rings (SSSR count). The Hall–Kier alpha value is -1.20. The summed E-state index contributed by atoms with van der Waals surface area (Å²) in [7, 11) is 0. The Bertz CT molecular complexity index is 654. The lowest BCUT2D eigenvalue weighted by Gasteiger charge is -2.26. The molecule has 0 saturated carbocycles. The van der Waals surface area contributed by atoms with Gasteiger partial charge in [-0.1, -0.05) is 23.7 Å². The molecule has 2 heterocycles. The van der Waals surface area contributed by atoms with Gasteiger partial charge in [-0.05, 0) is 24.4 Å². The molecule has 1 aromatic carbocycles. The molecule has 4 nitrogen and oxygen atoms in total. The van der Waals surface area contributed by atoms with E-state index in [1.807, 2.05) is 25.1 Å². The third-order valence-electron chi connectivity index (χ3n) is 4.14. The van der Waals surface area contributed by atoms with E-state index in [4.69, 9.17) is 27.1 Å². The summed E-state index contributed by atoms with van der Waals surface area (Å²) in [6.07, 6.45) is 0.876. The number of fused-ring (bicyclic) bond motifs is 1. The van der Waals surface area contributed by atoms with E-state index in [0.717, 1.165) is 66.5 Å². The molecule has 1 saturated heterocycles. The zero-order valence-electron chi connectivity index (χ0n) is 12.9. The standard InChI is InChI=1S/C17H22ClN3O/c1-12(19)16-11-13-3-2-4-14(18)17(13)15(20-16)5-6-21-7-9-22-10-8-21/h2-4,11-12H,5-10,19H2,1H3/t12-/m0/s1. The summed E-state index contributed by atoms with van der Waals surface area (Å²) in [5.74, 6) is 0. The monoisotopic (exact) mass is 319 g/mol. The van der Waals surface area contributed by atoms with Crippen molar-refractivity contribution in [1.82, 2.24) is 9.88 Å². The van der Waals surface area contributed by atoms with Crippen molar-refractivity contribution in [2.45, 2.75) is 19.4 Å². The number of halogens is 1. The molecule has 2 aromatic rings. The van der Waals surface area contributed by atoms with Gasteiger partial charge in [0.1, 0.15) is 0 Å². The zero-order chi connectivity index (χ0) is 15.5. The number of benzene rings is 1. The van der Waals surface area contributed by atoms with Gasteiger partial charge >= 0.3 is 0 Å². The fourth-order valence-electron chi connectivity index (χ4n) is 2.87. The molecule has 0 bridgehead atoms. The van der Waals surface area contributed by atoms with Crippen LogP contribution in [0.1, 0.15) is 24.4 Å². The summed E-state index contributed by atoms with van der Waals surface area (Å²) >= 11 is 6.41. The average molecular weight is 320 g/mol. The molecule has 5 heteroatoms. The van der Waals surface area contributed by atoms with Crippen molar-refractivity contribution in [2.75, 3.05) is 32.8 Å². The van der Waals surface area contributed by atoms with Crippen LogP contribution in [0.25, 0.3) is 10.8 Å². The fraction of sp³-hybridized carbons (Fsp3) is 0.471. The van der Waals surface area contributed by atoms with E-state index >= 15 is 0 Å². The SMILES string of the molecule is C[C@H](N)c1cc2cccc(Cl)c2c(CCN2CCOCC2)n1. The van der Waals surface area contributed by atoms with Gasteiger partial charge < -0.3 is 10.5 Å². The van der Waals surface area contributed by atoms with Crippen molar-refractivity contribution >= 4 is 22.4 Å². The molecule has 22 heavy (non-hydrogen) atoms. The Balaban J connectivity index is 1.91. The van der Waals surface area contributed by atoms with Gasteiger partial charge in [0.15, 0.2) is 0 Å². The summed E-state index contributed by atoms with van der Waals surface area (Å²) in [5.41, 5.74) is 7.99. The third kappa shape index (κ3) is 3.41. The average Bonchev–Trinajstić information content (AvgIpc) is 2.53. The summed E-state index contributed by atoms with van der Waals surface area (Å²) in [6.45, 7) is 6.53. The van der Waals surface area contributed by atoms with Gasteiger partial charge in [0, 0.05) is 37.5 Å². The second kappa shape index (κ2) is 6.92. The third-order valence-corrected chi connectivity index (χ3v) is 4.45. The van der Waals surface area contributed by atoms with Crippen LogP contribution in [-0.2, 0) is 11.2 Å². The molecule has 0 aliphatic carbocycles. The van der Waals surface area contributed by atoms with E-state index in [9.17, 15) is 0 Å². The van der Waals surface area contributed by atoms with Crippen LogP contribution >= 0.6 is 11.6 Å². The topological polar surface area (TPSA) is 51.4 Å². The number of morpholine rings is 1. The van der Waals surface area contributed by atoms with E-state index in [1.165, 1.54) is 0 Å². The highest BCUT2D eigenvalue weighted by Crippen LogP contribution is 2.28. The van der Waals surface area contributed by atoms with E-state index in [1.54, 1.807) is 0 Å². The first kappa shape index (κ1) is 15.7. The molecule has 0 unspecified atom stereocenters. The number of nitrogens with zero attached hydrogens (tertiary/aromatic N) is 2. The Labute approximate surface area is 136 Å². The molecule has 118 valence electrons. The van der Waals surface area contributed by atoms with Crippen LogP contribution in [0.2, 0.25) is 5.02 Å². The molecule has 1 aliphatic heterocycles. The number of rotatable bonds is 4. The molecule has 0 spiro atoms. The molecular formula is C17H22ClN3O. The predicted molar refractivity (Wildman–Crippen MR) is 90.3 cm³/mol. The van der Waals surface area contributed by atoms with E-state index in [0.29, 0.717) is 0 Å². The maximum absolute atomic E-state index is 6.41. The number of nitrogens with two attached hydrogens (primary N) is 1. The maximum atomic E-state index is 6.41. The van der Waals surface area contributed by atoms with Gasteiger partial charge in [0.25, 0.3) is 0 Å². The van der Waals surface area contributed by atoms with Crippen molar-refractivity contribution in [3.8, 4) is 0 Å². The Morgan fingerprint density at radius 3 is 2.86 bits per heavy atom. The van der Waals surface area contributed by atoms with Crippen LogP contribution < -0.4 is 5.73 Å². The molecule has 1 atom stereocenters. The van der Waals surface area contributed by atoms with Crippen LogP contribution in [0.4, 0.5) is 0 Å².